The molecule has 1 fully saturated rings. The molecular formula is C19H32N4O3. The van der Waals surface area contributed by atoms with Crippen LogP contribution in [-0.4, -0.2) is 78.1 Å². The molecule has 1 aliphatic heterocycles. The first-order valence-corrected chi connectivity index (χ1v) is 9.17. The average molecular weight is 364 g/mol. The van der Waals surface area contributed by atoms with Crippen LogP contribution in [0.2, 0.25) is 0 Å². The van der Waals surface area contributed by atoms with Crippen molar-refractivity contribution in [1.29, 1.82) is 0 Å². The molecule has 0 spiro atoms. The molecule has 26 heavy (non-hydrogen) atoms. The minimum atomic E-state index is 0.252. The van der Waals surface area contributed by atoms with E-state index >= 15 is 0 Å². The summed E-state index contributed by atoms with van der Waals surface area (Å²) in [6.07, 6.45) is 0.947. The number of methoxy groups -OCH3 is 2. The van der Waals surface area contributed by atoms with Gasteiger partial charge < -0.3 is 24.8 Å². The highest BCUT2D eigenvalue weighted by molar-refractivity contribution is 5.79. The van der Waals surface area contributed by atoms with Gasteiger partial charge in [0.15, 0.2) is 5.96 Å². The normalized spacial score (nSPS) is 17.0. The van der Waals surface area contributed by atoms with Crippen molar-refractivity contribution in [1.82, 2.24) is 15.5 Å². The van der Waals surface area contributed by atoms with Gasteiger partial charge in [0.25, 0.3) is 0 Å². The summed E-state index contributed by atoms with van der Waals surface area (Å²) in [5.74, 6) is 1.69. The van der Waals surface area contributed by atoms with E-state index in [9.17, 15) is 0 Å². The Balaban J connectivity index is 1.98. The maximum Gasteiger partial charge on any atom is 0.191 e. The molecule has 2 N–H and O–H groups in total. The highest BCUT2D eigenvalue weighted by atomic mass is 16.5. The van der Waals surface area contributed by atoms with Crippen LogP contribution in [0.3, 0.4) is 0 Å². The van der Waals surface area contributed by atoms with Crippen molar-refractivity contribution in [2.45, 2.75) is 12.5 Å². The van der Waals surface area contributed by atoms with Crippen molar-refractivity contribution < 1.29 is 14.2 Å². The number of guanidine groups is 1. The van der Waals surface area contributed by atoms with Crippen LogP contribution in [0.4, 0.5) is 0 Å². The zero-order valence-electron chi connectivity index (χ0n) is 16.2. The molecule has 1 aromatic carbocycles. The number of aliphatic imine (C=N–C) groups is 1. The van der Waals surface area contributed by atoms with Gasteiger partial charge in [-0.25, -0.2) is 0 Å². The van der Waals surface area contributed by atoms with E-state index in [1.54, 1.807) is 21.3 Å². The molecule has 1 aliphatic rings. The zero-order valence-corrected chi connectivity index (χ0v) is 16.2. The summed E-state index contributed by atoms with van der Waals surface area (Å²) >= 11 is 0. The second kappa shape index (κ2) is 11.7. The van der Waals surface area contributed by atoms with Crippen LogP contribution in [-0.2, 0) is 9.47 Å². The van der Waals surface area contributed by atoms with E-state index in [2.05, 4.69) is 32.7 Å². The summed E-state index contributed by atoms with van der Waals surface area (Å²) in [6, 6.07) is 8.55. The molecular weight excluding hydrogens is 332 g/mol. The van der Waals surface area contributed by atoms with Crippen LogP contribution < -0.4 is 15.4 Å². The largest absolute Gasteiger partial charge is 0.497 e. The molecule has 1 heterocycles. The van der Waals surface area contributed by atoms with Crippen LogP contribution in [0.25, 0.3) is 0 Å². The monoisotopic (exact) mass is 364 g/mol. The third-order valence-electron chi connectivity index (χ3n) is 4.49. The molecule has 146 valence electrons. The molecule has 0 saturated carbocycles. The number of benzene rings is 1. The maximum absolute atomic E-state index is 5.52. The third-order valence-corrected chi connectivity index (χ3v) is 4.49. The maximum atomic E-state index is 5.52. The lowest BCUT2D eigenvalue weighted by molar-refractivity contribution is 0.0170. The molecule has 1 unspecified atom stereocenters. The Kier molecular flexibility index (Phi) is 9.23. The lowest BCUT2D eigenvalue weighted by atomic mass is 10.0. The number of hydrogen-bond donors (Lipinski definition) is 2. The zero-order chi connectivity index (χ0) is 18.6. The number of ether oxygens (including phenoxy) is 3. The van der Waals surface area contributed by atoms with E-state index in [1.165, 1.54) is 5.56 Å². The van der Waals surface area contributed by atoms with Gasteiger partial charge in [0.2, 0.25) is 0 Å². The predicted octanol–water partition coefficient (Wildman–Crippen LogP) is 1.27. The van der Waals surface area contributed by atoms with Crippen LogP contribution >= 0.6 is 0 Å². The van der Waals surface area contributed by atoms with Crippen LogP contribution in [0.1, 0.15) is 18.0 Å². The van der Waals surface area contributed by atoms with Gasteiger partial charge in [0.05, 0.1) is 26.4 Å². The first-order valence-electron chi connectivity index (χ1n) is 9.17. The summed E-state index contributed by atoms with van der Waals surface area (Å²) in [4.78, 5) is 6.77. The van der Waals surface area contributed by atoms with Gasteiger partial charge >= 0.3 is 0 Å². The lowest BCUT2D eigenvalue weighted by Crippen LogP contribution is -2.46. The molecule has 1 saturated heterocycles. The van der Waals surface area contributed by atoms with Crippen molar-refractivity contribution >= 4 is 5.96 Å². The minimum absolute atomic E-state index is 0.252. The highest BCUT2D eigenvalue weighted by Gasteiger charge is 2.23. The van der Waals surface area contributed by atoms with E-state index < -0.39 is 0 Å². The fourth-order valence-electron chi connectivity index (χ4n) is 3.01. The van der Waals surface area contributed by atoms with Crippen molar-refractivity contribution in [2.24, 2.45) is 4.99 Å². The predicted molar refractivity (Wildman–Crippen MR) is 104 cm³/mol. The van der Waals surface area contributed by atoms with Gasteiger partial charge in [-0.3, -0.25) is 9.89 Å². The molecule has 0 amide bonds. The van der Waals surface area contributed by atoms with Gasteiger partial charge in [0.1, 0.15) is 5.75 Å². The topological polar surface area (TPSA) is 67.4 Å². The fraction of sp³-hybridized carbons (Fsp3) is 0.632. The van der Waals surface area contributed by atoms with Crippen molar-refractivity contribution in [3.63, 3.8) is 0 Å². The SMILES string of the molecule is CN=C(NCCCOC)NCC(c1ccc(OC)cc1)N1CCOCC1. The summed E-state index contributed by atoms with van der Waals surface area (Å²) in [5, 5.41) is 6.78. The molecule has 1 aromatic rings. The fourth-order valence-corrected chi connectivity index (χ4v) is 3.01. The van der Waals surface area contributed by atoms with E-state index in [4.69, 9.17) is 14.2 Å². The standard InChI is InChI=1S/C19H32N4O3/c1-20-19(21-9-4-12-24-2)22-15-18(23-10-13-26-14-11-23)16-5-7-17(25-3)8-6-16/h5-8,18H,4,9-15H2,1-3H3,(H2,20,21,22). The van der Waals surface area contributed by atoms with Gasteiger partial charge in [-0.15, -0.1) is 0 Å². The Labute approximate surface area is 156 Å². The second-order valence-electron chi connectivity index (χ2n) is 6.16. The molecule has 0 aliphatic carbocycles. The minimum Gasteiger partial charge on any atom is -0.497 e. The quantitative estimate of drug-likeness (QED) is 0.391. The van der Waals surface area contributed by atoms with Gasteiger partial charge in [-0.2, -0.15) is 0 Å². The van der Waals surface area contributed by atoms with Crippen LogP contribution in [0.5, 0.6) is 5.75 Å². The second-order valence-corrected chi connectivity index (χ2v) is 6.16. The summed E-state index contributed by atoms with van der Waals surface area (Å²) in [7, 11) is 5.20. The van der Waals surface area contributed by atoms with Crippen LogP contribution in [0, 0.1) is 0 Å². The van der Waals surface area contributed by atoms with Gasteiger partial charge in [0, 0.05) is 46.9 Å². The molecule has 7 nitrogen and oxygen atoms in total. The summed E-state index contributed by atoms with van der Waals surface area (Å²) < 4.78 is 15.9. The Morgan fingerprint density at radius 2 is 1.92 bits per heavy atom. The molecule has 1 atom stereocenters. The average Bonchev–Trinajstić information content (AvgIpc) is 2.71. The number of morpholine rings is 1. The first kappa shape index (κ1) is 20.5. The number of hydrogen-bond acceptors (Lipinski definition) is 5. The van der Waals surface area contributed by atoms with Crippen LogP contribution in [0.15, 0.2) is 29.3 Å². The number of nitrogens with one attached hydrogen (secondary N) is 2. The third kappa shape index (κ3) is 6.48. The van der Waals surface area contributed by atoms with Gasteiger partial charge in [-0.1, -0.05) is 12.1 Å². The Morgan fingerprint density at radius 1 is 1.19 bits per heavy atom. The Hall–Kier alpha value is -1.83. The summed E-state index contributed by atoms with van der Waals surface area (Å²) in [5.41, 5.74) is 1.26. The lowest BCUT2D eigenvalue weighted by Gasteiger charge is -2.35. The highest BCUT2D eigenvalue weighted by Crippen LogP contribution is 2.23. The van der Waals surface area contributed by atoms with Crippen molar-refractivity contribution in [2.75, 3.05) is 67.3 Å². The smallest absolute Gasteiger partial charge is 0.191 e. The summed E-state index contributed by atoms with van der Waals surface area (Å²) in [6.45, 7) is 5.75. The number of rotatable bonds is 9. The molecule has 2 rings (SSSR count). The molecule has 7 heteroatoms. The Morgan fingerprint density at radius 3 is 2.54 bits per heavy atom. The Bertz CT molecular complexity index is 530. The van der Waals surface area contributed by atoms with E-state index in [0.717, 1.165) is 64.1 Å². The van der Waals surface area contributed by atoms with E-state index in [0.29, 0.717) is 0 Å². The molecule has 0 aromatic heterocycles. The van der Waals surface area contributed by atoms with E-state index in [-0.39, 0.29) is 6.04 Å². The van der Waals surface area contributed by atoms with E-state index in [1.807, 2.05) is 12.1 Å². The first-order chi connectivity index (χ1) is 12.8. The van der Waals surface area contributed by atoms with Gasteiger partial charge in [-0.05, 0) is 24.1 Å². The van der Waals surface area contributed by atoms with Crippen molar-refractivity contribution in [3.05, 3.63) is 29.8 Å². The molecule has 0 radical (unpaired) electrons. The molecule has 0 bridgehead atoms. The van der Waals surface area contributed by atoms with Crippen molar-refractivity contribution in [3.8, 4) is 5.75 Å². The number of nitrogens with zero attached hydrogens (tertiary/aromatic N) is 2.